The molecule has 0 aliphatic rings. The van der Waals surface area contributed by atoms with E-state index in [0.29, 0.717) is 19.8 Å². The van der Waals surface area contributed by atoms with Gasteiger partial charge in [0.1, 0.15) is 17.2 Å². The van der Waals surface area contributed by atoms with E-state index >= 15 is 0 Å². The van der Waals surface area contributed by atoms with Gasteiger partial charge >= 0.3 is 33.0 Å². The second-order valence-electron chi connectivity index (χ2n) is 6.98. The van der Waals surface area contributed by atoms with E-state index in [1.807, 2.05) is 57.2 Å². The van der Waals surface area contributed by atoms with Gasteiger partial charge in [0.25, 0.3) is 0 Å². The molecule has 0 atom stereocenters. The molecule has 0 saturated heterocycles. The van der Waals surface area contributed by atoms with Gasteiger partial charge in [0.2, 0.25) is 0 Å². The Hall–Kier alpha value is -2.58. The van der Waals surface area contributed by atoms with Gasteiger partial charge in [-0.3, -0.25) is 0 Å². The Bertz CT molecular complexity index is 929. The average molecular weight is 541 g/mol. The molecule has 0 bridgehead atoms. The number of rotatable bonds is 9. The molecule has 0 unspecified atom stereocenters. The van der Waals surface area contributed by atoms with Crippen LogP contribution in [0.3, 0.4) is 0 Å². The zero-order chi connectivity index (χ0) is 26.2. The van der Waals surface area contributed by atoms with E-state index in [1.54, 1.807) is 0 Å². The first-order valence-corrected chi connectivity index (χ1v) is 13.9. The minimum atomic E-state index is -10.7. The maximum absolute atomic E-state index is 10.7. The summed E-state index contributed by atoms with van der Waals surface area (Å²) < 4.78 is 76.0. The monoisotopic (exact) mass is 540 g/mol. The van der Waals surface area contributed by atoms with Crippen LogP contribution in [0.2, 0.25) is 0 Å². The van der Waals surface area contributed by atoms with E-state index in [1.165, 1.54) is 14.7 Å². The predicted octanol–water partition coefficient (Wildman–Crippen LogP) is 9.36. The van der Waals surface area contributed by atoms with Crippen LogP contribution in [0, 0.1) is 0 Å². The predicted molar refractivity (Wildman–Crippen MR) is 129 cm³/mol. The van der Waals surface area contributed by atoms with Crippen LogP contribution >= 0.6 is 7.81 Å². The van der Waals surface area contributed by atoms with Crippen molar-refractivity contribution in [3.8, 4) is 17.2 Å². The Kier molecular flexibility index (Phi) is 9.00. The second kappa shape index (κ2) is 11.0. The Labute approximate surface area is 203 Å². The van der Waals surface area contributed by atoms with E-state index in [9.17, 15) is 25.2 Å². The van der Waals surface area contributed by atoms with Crippen molar-refractivity contribution in [1.82, 2.24) is 0 Å². The van der Waals surface area contributed by atoms with Crippen molar-refractivity contribution >= 4 is 18.7 Å². The molecule has 194 valence electrons. The molecular weight excluding hydrogens is 513 g/mol. The Balaban J connectivity index is 0.000000540. The van der Waals surface area contributed by atoms with Gasteiger partial charge in [0.05, 0.1) is 30.7 Å². The van der Waals surface area contributed by atoms with Gasteiger partial charge in [-0.05, 0) is 93.6 Å². The molecule has 3 nitrogen and oxygen atoms in total. The molecule has 0 spiro atoms. The fraction of sp³-hybridized carbons (Fsp3) is 0.250. The van der Waals surface area contributed by atoms with Crippen molar-refractivity contribution in [2.24, 2.45) is 0 Å². The SMILES string of the molecule is CCOc1ccc([S+](c2ccc(OCC)cc2)c2ccc(OCC)cc2)cc1.F[P-](F)(F)(F)(F)F. The fourth-order valence-corrected chi connectivity index (χ4v) is 4.97. The molecule has 0 heterocycles. The van der Waals surface area contributed by atoms with Gasteiger partial charge in [-0.2, -0.15) is 0 Å². The Morgan fingerprint density at radius 1 is 0.486 bits per heavy atom. The zero-order valence-corrected chi connectivity index (χ0v) is 21.1. The summed E-state index contributed by atoms with van der Waals surface area (Å²) in [6.07, 6.45) is 0. The Morgan fingerprint density at radius 3 is 0.857 bits per heavy atom. The Morgan fingerprint density at radius 2 is 0.686 bits per heavy atom. The molecule has 0 amide bonds. The van der Waals surface area contributed by atoms with Gasteiger partial charge in [0.15, 0.2) is 14.7 Å². The van der Waals surface area contributed by atoms with Crippen LogP contribution in [0.5, 0.6) is 17.2 Å². The van der Waals surface area contributed by atoms with E-state index in [0.717, 1.165) is 17.2 Å². The molecule has 0 aliphatic carbocycles. The third-order valence-corrected chi connectivity index (χ3v) is 6.34. The van der Waals surface area contributed by atoms with Crippen molar-refractivity contribution < 1.29 is 39.4 Å². The first kappa shape index (κ1) is 28.7. The molecule has 0 radical (unpaired) electrons. The summed E-state index contributed by atoms with van der Waals surface area (Å²) in [5.41, 5.74) is 0. The number of hydrogen-bond acceptors (Lipinski definition) is 3. The standard InChI is InChI=1S/C24H27O3S.F6P/c1-4-25-19-7-13-22(14-8-19)28(23-15-9-20(10-16-23)26-5-2)24-17-11-21(12-18-24)27-6-3;1-7(2,3,4,5)6/h7-18H,4-6H2,1-3H3;/q+1;-1. The summed E-state index contributed by atoms with van der Waals surface area (Å²) in [5, 5.41) is 0. The molecule has 0 aromatic heterocycles. The summed E-state index contributed by atoms with van der Waals surface area (Å²) >= 11 is 0. The molecular formula is C24H27F6O3PS. The van der Waals surface area contributed by atoms with E-state index in [2.05, 4.69) is 36.4 Å². The summed E-state index contributed by atoms with van der Waals surface area (Å²) in [4.78, 5) is 3.74. The van der Waals surface area contributed by atoms with Crippen LogP contribution < -0.4 is 14.2 Å². The number of hydrogen-bond donors (Lipinski definition) is 0. The van der Waals surface area contributed by atoms with Gasteiger partial charge in [0, 0.05) is 0 Å². The molecule has 0 fully saturated rings. The minimum absolute atomic E-state index is 0.218. The number of halogens is 6. The maximum atomic E-state index is 9.87. The van der Waals surface area contributed by atoms with E-state index in [4.69, 9.17) is 14.2 Å². The molecule has 3 aromatic rings. The fourth-order valence-electron chi connectivity index (χ4n) is 2.92. The van der Waals surface area contributed by atoms with E-state index < -0.39 is 7.81 Å². The summed E-state index contributed by atoms with van der Waals surface area (Å²) in [5.74, 6) is 2.69. The third kappa shape index (κ3) is 11.6. The summed E-state index contributed by atoms with van der Waals surface area (Å²) in [7, 11) is -10.9. The van der Waals surface area contributed by atoms with Crippen molar-refractivity contribution in [2.45, 2.75) is 35.5 Å². The van der Waals surface area contributed by atoms with Gasteiger partial charge in [-0.1, -0.05) is 0 Å². The number of benzene rings is 3. The molecule has 3 aromatic carbocycles. The van der Waals surface area contributed by atoms with Crippen molar-refractivity contribution in [2.75, 3.05) is 19.8 Å². The molecule has 11 heteroatoms. The summed E-state index contributed by atoms with van der Waals surface area (Å²) in [6, 6.07) is 25.2. The van der Waals surface area contributed by atoms with Crippen LogP contribution in [0.4, 0.5) is 25.2 Å². The number of ether oxygens (including phenoxy) is 3. The van der Waals surface area contributed by atoms with Crippen LogP contribution in [0.25, 0.3) is 0 Å². The van der Waals surface area contributed by atoms with Crippen molar-refractivity contribution in [3.05, 3.63) is 72.8 Å². The van der Waals surface area contributed by atoms with Crippen molar-refractivity contribution in [1.29, 1.82) is 0 Å². The molecule has 3 rings (SSSR count). The van der Waals surface area contributed by atoms with Crippen LogP contribution in [0.1, 0.15) is 20.8 Å². The normalized spacial score (nSPS) is 13.2. The summed E-state index contributed by atoms with van der Waals surface area (Å²) in [6.45, 7) is 8.00. The van der Waals surface area contributed by atoms with Gasteiger partial charge in [-0.25, -0.2) is 0 Å². The van der Waals surface area contributed by atoms with Crippen LogP contribution in [-0.4, -0.2) is 19.8 Å². The third-order valence-electron chi connectivity index (χ3n) is 4.11. The zero-order valence-electron chi connectivity index (χ0n) is 19.4. The molecule has 0 aliphatic heterocycles. The van der Waals surface area contributed by atoms with Crippen molar-refractivity contribution in [3.63, 3.8) is 0 Å². The average Bonchev–Trinajstić information content (AvgIpc) is 2.76. The molecule has 0 N–H and O–H groups in total. The molecule has 0 saturated carbocycles. The molecule has 35 heavy (non-hydrogen) atoms. The van der Waals surface area contributed by atoms with Crippen LogP contribution in [0.15, 0.2) is 87.5 Å². The van der Waals surface area contributed by atoms with Gasteiger partial charge < -0.3 is 14.2 Å². The first-order chi connectivity index (χ1) is 16.2. The topological polar surface area (TPSA) is 27.7 Å². The van der Waals surface area contributed by atoms with E-state index in [-0.39, 0.29) is 10.9 Å². The van der Waals surface area contributed by atoms with Crippen LogP contribution in [-0.2, 0) is 10.9 Å². The quantitative estimate of drug-likeness (QED) is 0.154. The second-order valence-corrected chi connectivity index (χ2v) is 10.9. The van der Waals surface area contributed by atoms with Gasteiger partial charge in [-0.15, -0.1) is 0 Å². The first-order valence-electron chi connectivity index (χ1n) is 10.7.